The van der Waals surface area contributed by atoms with Crippen LogP contribution in [0, 0.1) is 5.92 Å². The van der Waals surface area contributed by atoms with Crippen molar-refractivity contribution in [2.45, 2.75) is 31.3 Å². The van der Waals surface area contributed by atoms with Crippen LogP contribution in [-0.4, -0.2) is 53.7 Å². The van der Waals surface area contributed by atoms with Crippen molar-refractivity contribution in [3.8, 4) is 0 Å². The number of carbonyl (C=O) groups is 2. The molecule has 3 N–H and O–H groups in total. The number of carbonyl (C=O) groups excluding carboxylic acids is 2. The van der Waals surface area contributed by atoms with E-state index in [1.165, 1.54) is 0 Å². The number of rotatable bonds is 5. The SMILES string of the molecule is NC(=O)COCC(=O)N1CCC(C2(O)CC2)CC1. The van der Waals surface area contributed by atoms with Gasteiger partial charge in [-0.15, -0.1) is 0 Å². The molecule has 6 heteroatoms. The van der Waals surface area contributed by atoms with Gasteiger partial charge in [0.15, 0.2) is 0 Å². The number of aliphatic hydroxyl groups is 1. The summed E-state index contributed by atoms with van der Waals surface area (Å²) >= 11 is 0. The minimum atomic E-state index is -0.572. The largest absolute Gasteiger partial charge is 0.390 e. The van der Waals surface area contributed by atoms with E-state index in [4.69, 9.17) is 10.5 Å². The van der Waals surface area contributed by atoms with Crippen molar-refractivity contribution in [1.82, 2.24) is 4.90 Å². The van der Waals surface area contributed by atoms with Crippen molar-refractivity contribution in [2.24, 2.45) is 11.7 Å². The van der Waals surface area contributed by atoms with Crippen LogP contribution in [0.4, 0.5) is 0 Å². The van der Waals surface area contributed by atoms with Gasteiger partial charge in [-0.05, 0) is 31.6 Å². The van der Waals surface area contributed by atoms with E-state index in [1.54, 1.807) is 4.90 Å². The van der Waals surface area contributed by atoms with Crippen LogP contribution in [0.15, 0.2) is 0 Å². The van der Waals surface area contributed by atoms with Crippen molar-refractivity contribution >= 4 is 11.8 Å². The smallest absolute Gasteiger partial charge is 0.248 e. The molecule has 1 aliphatic heterocycles. The third-order valence-electron chi connectivity index (χ3n) is 3.84. The fourth-order valence-corrected chi connectivity index (χ4v) is 2.53. The quantitative estimate of drug-likeness (QED) is 0.677. The molecule has 0 aromatic carbocycles. The number of nitrogens with two attached hydrogens (primary N) is 1. The molecule has 0 unspecified atom stereocenters. The minimum absolute atomic E-state index is 0.0993. The van der Waals surface area contributed by atoms with Crippen molar-refractivity contribution < 1.29 is 19.4 Å². The second kappa shape index (κ2) is 5.24. The van der Waals surface area contributed by atoms with Gasteiger partial charge in [-0.2, -0.15) is 0 Å². The maximum Gasteiger partial charge on any atom is 0.248 e. The summed E-state index contributed by atoms with van der Waals surface area (Å²) in [7, 11) is 0. The Hall–Kier alpha value is -1.14. The Morgan fingerprint density at radius 2 is 1.89 bits per heavy atom. The summed E-state index contributed by atoms with van der Waals surface area (Å²) in [6.45, 7) is 0.997. The van der Waals surface area contributed by atoms with E-state index < -0.39 is 11.5 Å². The average molecular weight is 256 g/mol. The van der Waals surface area contributed by atoms with Crippen LogP contribution in [0.5, 0.6) is 0 Å². The Labute approximate surface area is 106 Å². The van der Waals surface area contributed by atoms with Crippen molar-refractivity contribution in [2.75, 3.05) is 26.3 Å². The molecule has 0 aromatic rings. The second-order valence-electron chi connectivity index (χ2n) is 5.22. The zero-order valence-corrected chi connectivity index (χ0v) is 10.4. The molecule has 2 fully saturated rings. The standard InChI is InChI=1S/C12H20N2O4/c13-10(15)7-18-8-11(16)14-5-1-9(2-6-14)12(17)3-4-12/h9,17H,1-8H2,(H2,13,15). The van der Waals surface area contributed by atoms with Gasteiger partial charge in [-0.1, -0.05) is 0 Å². The van der Waals surface area contributed by atoms with E-state index >= 15 is 0 Å². The van der Waals surface area contributed by atoms with E-state index in [1.807, 2.05) is 0 Å². The molecule has 0 bridgehead atoms. The van der Waals surface area contributed by atoms with Gasteiger partial charge in [-0.3, -0.25) is 9.59 Å². The summed E-state index contributed by atoms with van der Waals surface area (Å²) in [5.41, 5.74) is 4.47. The molecule has 102 valence electrons. The number of hydrogen-bond acceptors (Lipinski definition) is 4. The Kier molecular flexibility index (Phi) is 3.87. The highest BCUT2D eigenvalue weighted by Gasteiger charge is 2.48. The monoisotopic (exact) mass is 256 g/mol. The zero-order chi connectivity index (χ0) is 13.2. The lowest BCUT2D eigenvalue weighted by Crippen LogP contribution is -2.43. The van der Waals surface area contributed by atoms with Crippen LogP contribution in [-0.2, 0) is 14.3 Å². The normalized spacial score (nSPS) is 22.8. The summed E-state index contributed by atoms with van der Waals surface area (Å²) < 4.78 is 4.90. The maximum absolute atomic E-state index is 11.7. The molecule has 0 radical (unpaired) electrons. The molecule has 2 rings (SSSR count). The minimum Gasteiger partial charge on any atom is -0.390 e. The van der Waals surface area contributed by atoms with Crippen molar-refractivity contribution in [1.29, 1.82) is 0 Å². The lowest BCUT2D eigenvalue weighted by atomic mass is 9.89. The molecule has 6 nitrogen and oxygen atoms in total. The summed E-state index contributed by atoms with van der Waals surface area (Å²) in [5.74, 6) is -0.358. The van der Waals surface area contributed by atoms with Crippen molar-refractivity contribution in [3.63, 3.8) is 0 Å². The van der Waals surface area contributed by atoms with E-state index in [-0.39, 0.29) is 19.1 Å². The van der Waals surface area contributed by atoms with Crippen LogP contribution < -0.4 is 5.73 Å². The van der Waals surface area contributed by atoms with Gasteiger partial charge in [0.1, 0.15) is 13.2 Å². The van der Waals surface area contributed by atoms with Gasteiger partial charge in [0.25, 0.3) is 0 Å². The highest BCUT2D eigenvalue weighted by atomic mass is 16.5. The Bertz CT molecular complexity index is 333. The summed E-state index contributed by atoms with van der Waals surface area (Å²) in [6.07, 6.45) is 3.48. The molecule has 1 aliphatic carbocycles. The van der Waals surface area contributed by atoms with E-state index in [2.05, 4.69) is 0 Å². The highest BCUT2D eigenvalue weighted by molar-refractivity contribution is 5.79. The number of amides is 2. The third-order valence-corrected chi connectivity index (χ3v) is 3.84. The zero-order valence-electron chi connectivity index (χ0n) is 10.4. The molecule has 2 aliphatic rings. The van der Waals surface area contributed by atoms with E-state index in [0.717, 1.165) is 25.7 Å². The molecule has 1 saturated heterocycles. The van der Waals surface area contributed by atoms with Gasteiger partial charge >= 0.3 is 0 Å². The molecular formula is C12H20N2O4. The predicted octanol–water partition coefficient (Wildman–Crippen LogP) is -0.748. The van der Waals surface area contributed by atoms with Crippen LogP contribution in [0.1, 0.15) is 25.7 Å². The first-order chi connectivity index (χ1) is 8.51. The first kappa shape index (κ1) is 13.3. The summed E-state index contributed by atoms with van der Waals surface area (Å²) in [6, 6.07) is 0. The summed E-state index contributed by atoms with van der Waals surface area (Å²) in [5, 5.41) is 10.0. The Balaban J connectivity index is 1.68. The topological polar surface area (TPSA) is 92.9 Å². The number of primary amides is 1. The molecule has 2 amide bonds. The molecule has 0 spiro atoms. The van der Waals surface area contributed by atoms with E-state index in [9.17, 15) is 14.7 Å². The lowest BCUT2D eigenvalue weighted by molar-refractivity contribution is -0.139. The fourth-order valence-electron chi connectivity index (χ4n) is 2.53. The van der Waals surface area contributed by atoms with Crippen LogP contribution >= 0.6 is 0 Å². The highest BCUT2D eigenvalue weighted by Crippen LogP contribution is 2.46. The number of likely N-dealkylation sites (tertiary alicyclic amines) is 1. The Morgan fingerprint density at radius 1 is 1.28 bits per heavy atom. The molecular weight excluding hydrogens is 236 g/mol. The number of nitrogens with zero attached hydrogens (tertiary/aromatic N) is 1. The molecule has 18 heavy (non-hydrogen) atoms. The number of ether oxygens (including phenoxy) is 1. The van der Waals surface area contributed by atoms with Crippen LogP contribution in [0.2, 0.25) is 0 Å². The molecule has 0 aromatic heterocycles. The van der Waals surface area contributed by atoms with E-state index in [0.29, 0.717) is 19.0 Å². The number of piperidine rings is 1. The predicted molar refractivity (Wildman–Crippen MR) is 63.5 cm³/mol. The second-order valence-corrected chi connectivity index (χ2v) is 5.22. The summed E-state index contributed by atoms with van der Waals surface area (Å²) in [4.78, 5) is 23.9. The number of hydrogen-bond donors (Lipinski definition) is 2. The fraction of sp³-hybridized carbons (Fsp3) is 0.833. The van der Waals surface area contributed by atoms with Gasteiger partial charge in [0, 0.05) is 13.1 Å². The van der Waals surface area contributed by atoms with Gasteiger partial charge in [-0.25, -0.2) is 0 Å². The molecule has 1 heterocycles. The maximum atomic E-state index is 11.7. The van der Waals surface area contributed by atoms with Crippen molar-refractivity contribution in [3.05, 3.63) is 0 Å². The Morgan fingerprint density at radius 3 is 2.39 bits per heavy atom. The molecule has 0 atom stereocenters. The van der Waals surface area contributed by atoms with Crippen LogP contribution in [0.25, 0.3) is 0 Å². The average Bonchev–Trinajstić information content (AvgIpc) is 3.08. The first-order valence-electron chi connectivity index (χ1n) is 6.37. The van der Waals surface area contributed by atoms with Crippen LogP contribution in [0.3, 0.4) is 0 Å². The van der Waals surface area contributed by atoms with Gasteiger partial charge < -0.3 is 20.5 Å². The van der Waals surface area contributed by atoms with Gasteiger partial charge in [0.2, 0.25) is 11.8 Å². The van der Waals surface area contributed by atoms with Gasteiger partial charge in [0.05, 0.1) is 5.60 Å². The lowest BCUT2D eigenvalue weighted by Gasteiger charge is -2.34. The molecule has 1 saturated carbocycles. The first-order valence-corrected chi connectivity index (χ1v) is 6.37. The third kappa shape index (κ3) is 3.20.